The summed E-state index contributed by atoms with van der Waals surface area (Å²) in [4.78, 5) is 175. The second-order valence-corrected chi connectivity index (χ2v) is 29.0. The number of esters is 8. The molecule has 7 aliphatic heterocycles. The number of methoxy groups -OCH3 is 4. The van der Waals surface area contributed by atoms with E-state index in [1.54, 1.807) is 97.1 Å². The predicted octanol–water partition coefficient (Wildman–Crippen LogP) is 7.04. The van der Waals surface area contributed by atoms with Gasteiger partial charge in [-0.25, -0.2) is 29.1 Å². The number of benzene rings is 4. The molecule has 8 saturated carbocycles. The fourth-order valence-electron chi connectivity index (χ4n) is 17.7. The van der Waals surface area contributed by atoms with Gasteiger partial charge in [0.25, 0.3) is 23.6 Å². The Morgan fingerprint density at radius 1 is 0.327 bits per heavy atom. The lowest BCUT2D eigenvalue weighted by Gasteiger charge is -2.59. The predicted molar refractivity (Wildman–Crippen MR) is 364 cm³/mol. The monoisotopic (exact) mass is 1420 g/mol. The minimum absolute atomic E-state index is 0.0595. The summed E-state index contributed by atoms with van der Waals surface area (Å²) in [6.07, 6.45) is 6.11. The number of aromatic nitrogens is 2. The van der Waals surface area contributed by atoms with Gasteiger partial charge in [-0.15, -0.1) is 0 Å². The van der Waals surface area contributed by atoms with E-state index in [1.807, 2.05) is 0 Å². The minimum Gasteiger partial charge on any atom is -0.467 e. The highest BCUT2D eigenvalue weighted by atomic mass is 16.6. The number of nitrogens with zero attached hydrogens (tertiary/aromatic N) is 2. The maximum Gasteiger partial charge on any atom is 0.328 e. The molecule has 4 N–H and O–H groups in total. The van der Waals surface area contributed by atoms with Crippen molar-refractivity contribution in [3.05, 3.63) is 178 Å². The molecule has 8 fully saturated rings. The van der Waals surface area contributed by atoms with Crippen LogP contribution in [-0.2, 0) is 83.0 Å². The van der Waals surface area contributed by atoms with E-state index in [9.17, 15) is 57.5 Å². The van der Waals surface area contributed by atoms with Crippen molar-refractivity contribution in [2.24, 2.45) is 45.3 Å². The molecule has 4 aromatic carbocycles. The third kappa shape index (κ3) is 15.0. The molecule has 20 bridgehead atoms. The summed E-state index contributed by atoms with van der Waals surface area (Å²) in [7, 11) is 4.66. The van der Waals surface area contributed by atoms with Gasteiger partial charge in [-0.1, -0.05) is 60.7 Å². The van der Waals surface area contributed by atoms with Crippen molar-refractivity contribution in [2.45, 2.75) is 127 Å². The lowest BCUT2D eigenvalue weighted by atomic mass is 9.44. The first kappa shape index (κ1) is 71.2. The van der Waals surface area contributed by atoms with Crippen LogP contribution >= 0.6 is 0 Å². The molecular weight excluding hydrogens is 1340 g/mol. The van der Waals surface area contributed by atoms with E-state index in [0.717, 1.165) is 12.8 Å². The van der Waals surface area contributed by atoms with Crippen LogP contribution in [0.15, 0.2) is 133 Å². The number of rotatable bonds is 4. The lowest BCUT2D eigenvalue weighted by molar-refractivity contribution is -0.184. The van der Waals surface area contributed by atoms with Crippen LogP contribution in [0.3, 0.4) is 0 Å². The zero-order valence-electron chi connectivity index (χ0n) is 57.7. The molecule has 4 spiro atoms. The topological polar surface area (TPSA) is 353 Å². The standard InChI is InChI=1S/C78H78N6O20/c1-97-67(89)59-29-43-11-19-51(20-12-43)101-71(93)75-33-47-27-48(34-75)36-76(35-47,41-75)72(94)102-53-23-15-45(16-24-53)31-61(69(91)99-3)83-65(87)57-9-6-10-58(80-57)66(88)84-62(70(92)100-4)32-46-17-25-54(26-18-46)104-74(96)78-39-49-28-50(40-78)38-77(37-49,42-78)73(95)103-52-21-13-44(14-22-52)30-60(68(90)98-2)82-64(86)56-8-5-7-55(79-56)63(85)81-59/h5-26,47-50,59-62H,27-42H2,1-4H3,(H,81,85)(H,82,86)(H,83,87)(H,84,88)/t47?,48?,49?,50?,59-,60-,61-,62-,75?,76?,77?,78?/m0/s1. The Hall–Kier alpha value is -11.2. The van der Waals surface area contributed by atoms with Crippen LogP contribution < -0.4 is 40.2 Å². The first-order chi connectivity index (χ1) is 49.9. The van der Waals surface area contributed by atoms with Crippen LogP contribution in [0.25, 0.3) is 0 Å². The van der Waals surface area contributed by atoms with E-state index in [2.05, 4.69) is 31.2 Å². The lowest BCUT2D eigenvalue weighted by Crippen LogP contribution is -2.59. The Bertz CT molecular complexity index is 3840. The van der Waals surface area contributed by atoms with Crippen molar-refractivity contribution in [2.75, 3.05) is 28.4 Å². The van der Waals surface area contributed by atoms with Crippen LogP contribution in [0.5, 0.6) is 23.0 Å². The van der Waals surface area contributed by atoms with Crippen molar-refractivity contribution in [1.82, 2.24) is 31.2 Å². The van der Waals surface area contributed by atoms with E-state index in [0.29, 0.717) is 73.6 Å². The summed E-state index contributed by atoms with van der Waals surface area (Å²) >= 11 is 0. The summed E-state index contributed by atoms with van der Waals surface area (Å²) < 4.78 is 44.6. The molecule has 2 aromatic heterocycles. The van der Waals surface area contributed by atoms with Crippen LogP contribution in [0, 0.1) is 45.3 Å². The number of hydrogen-bond acceptors (Lipinski definition) is 22. The molecule has 26 nitrogen and oxygen atoms in total. The molecule has 26 heteroatoms. The molecule has 0 radical (unpaired) electrons. The quantitative estimate of drug-likeness (QED) is 0.0780. The van der Waals surface area contributed by atoms with Gasteiger partial charge in [0.05, 0.1) is 50.1 Å². The van der Waals surface area contributed by atoms with Crippen LogP contribution in [-0.4, -0.2) is 134 Å². The molecule has 9 heterocycles. The van der Waals surface area contributed by atoms with Crippen molar-refractivity contribution in [1.29, 1.82) is 0 Å². The SMILES string of the molecule is COC(=O)[C@@H]1Cc2ccc(cc2)OC(=O)C23CC4CC(C2)CC(C4)(C3)C(=O)Oc2ccc(cc2)C[C@@H](C(=O)OC)NC(=O)c2cccc(n2)C(=O)N[C@H](C(=O)OC)Cc2ccc(cc2)OC(=O)C23CC4CC(CC(C4)(C2)C(=O)Oc2ccc(cc2)C[C@@H](C(=O)OC)NC(=O)c2cccc(n2)C(=O)N1)C3. The average Bonchev–Trinajstić information content (AvgIpc) is 0.717. The van der Waals surface area contributed by atoms with Gasteiger partial charge in [-0.2, -0.15) is 0 Å². The number of nitrogens with one attached hydrogen (secondary N) is 4. The maximum atomic E-state index is 14.5. The highest BCUT2D eigenvalue weighted by Gasteiger charge is 2.66. The van der Waals surface area contributed by atoms with Gasteiger partial charge in [-0.05, 0) is 196 Å². The van der Waals surface area contributed by atoms with E-state index < -0.39 is 117 Å². The Morgan fingerprint density at radius 2 is 0.529 bits per heavy atom. The van der Waals surface area contributed by atoms with Gasteiger partial charge in [0.2, 0.25) is 0 Å². The molecule has 4 amide bonds. The van der Waals surface area contributed by atoms with E-state index in [1.165, 1.54) is 64.8 Å². The van der Waals surface area contributed by atoms with Crippen molar-refractivity contribution >= 4 is 71.4 Å². The summed E-state index contributed by atoms with van der Waals surface area (Å²) in [6, 6.07) is 28.9. The average molecular weight is 1420 g/mol. The number of ether oxygens (including phenoxy) is 8. The van der Waals surface area contributed by atoms with Crippen molar-refractivity contribution < 1.29 is 95.4 Å². The Morgan fingerprint density at radius 3 is 0.721 bits per heavy atom. The van der Waals surface area contributed by atoms with E-state index in [-0.39, 0.29) is 108 Å². The van der Waals surface area contributed by atoms with Crippen molar-refractivity contribution in [3.8, 4) is 23.0 Å². The van der Waals surface area contributed by atoms with Gasteiger partial charge in [-0.3, -0.25) is 38.4 Å². The Kier molecular flexibility index (Phi) is 20.1. The highest BCUT2D eigenvalue weighted by molar-refractivity contribution is 6.00. The van der Waals surface area contributed by atoms with Gasteiger partial charge in [0.15, 0.2) is 0 Å². The Balaban J connectivity index is 0.737. The molecule has 8 aliphatic carbocycles. The Labute approximate surface area is 597 Å². The van der Waals surface area contributed by atoms with Gasteiger partial charge >= 0.3 is 47.8 Å². The molecule has 21 rings (SSSR count). The third-order valence-electron chi connectivity index (χ3n) is 21.7. The number of carbonyl (C=O) groups excluding carboxylic acids is 12. The third-order valence-corrected chi connectivity index (χ3v) is 21.7. The van der Waals surface area contributed by atoms with Crippen LogP contribution in [0.2, 0.25) is 0 Å². The zero-order valence-corrected chi connectivity index (χ0v) is 57.7. The largest absolute Gasteiger partial charge is 0.467 e. The number of carbonyl (C=O) groups is 12. The van der Waals surface area contributed by atoms with Crippen molar-refractivity contribution in [3.63, 3.8) is 0 Å². The smallest absolute Gasteiger partial charge is 0.328 e. The molecule has 6 aromatic rings. The van der Waals surface area contributed by atoms with E-state index in [4.69, 9.17) is 37.9 Å². The molecule has 540 valence electrons. The highest BCUT2D eigenvalue weighted by Crippen LogP contribution is 2.67. The second-order valence-electron chi connectivity index (χ2n) is 29.0. The van der Waals surface area contributed by atoms with Gasteiger partial charge < -0.3 is 59.2 Å². The molecule has 4 atom stereocenters. The summed E-state index contributed by atoms with van der Waals surface area (Å²) in [5, 5.41) is 10.6. The maximum absolute atomic E-state index is 14.5. The summed E-state index contributed by atoms with van der Waals surface area (Å²) in [5.74, 6) is -7.21. The molecule has 104 heavy (non-hydrogen) atoms. The summed E-state index contributed by atoms with van der Waals surface area (Å²) in [5.41, 5.74) is -2.63. The zero-order chi connectivity index (χ0) is 73.2. The number of amides is 4. The molecule has 0 saturated heterocycles. The van der Waals surface area contributed by atoms with Gasteiger partial charge in [0, 0.05) is 25.7 Å². The first-order valence-corrected chi connectivity index (χ1v) is 34.7. The molecular formula is C78H78N6O20. The van der Waals surface area contributed by atoms with E-state index >= 15 is 0 Å². The molecule has 0 unspecified atom stereocenters. The van der Waals surface area contributed by atoms with Gasteiger partial charge in [0.1, 0.15) is 69.9 Å². The number of hydrogen-bond donors (Lipinski definition) is 4. The second kappa shape index (κ2) is 29.3. The molecule has 15 aliphatic rings. The van der Waals surface area contributed by atoms with Crippen LogP contribution in [0.1, 0.15) is 141 Å². The number of pyridine rings is 2. The fourth-order valence-corrected chi connectivity index (χ4v) is 17.7. The first-order valence-electron chi connectivity index (χ1n) is 34.7. The normalized spacial score (nSPS) is 28.7. The van der Waals surface area contributed by atoms with Crippen LogP contribution in [0.4, 0.5) is 0 Å². The summed E-state index contributed by atoms with van der Waals surface area (Å²) in [6.45, 7) is 0. The fraction of sp³-hybridized carbons (Fsp3) is 0.410. The minimum atomic E-state index is -1.25.